The highest BCUT2D eigenvalue weighted by Crippen LogP contribution is 2.29. The molecule has 0 saturated carbocycles. The highest BCUT2D eigenvalue weighted by Gasteiger charge is 2.23. The van der Waals surface area contributed by atoms with Gasteiger partial charge in [0.2, 0.25) is 5.91 Å². The van der Waals surface area contributed by atoms with Gasteiger partial charge >= 0.3 is 5.24 Å². The van der Waals surface area contributed by atoms with Gasteiger partial charge in [0, 0.05) is 29.0 Å². The van der Waals surface area contributed by atoms with Crippen molar-refractivity contribution in [3.8, 4) is 11.5 Å². The van der Waals surface area contributed by atoms with Gasteiger partial charge in [-0.15, -0.1) is 0 Å². The molecule has 0 spiro atoms. The second kappa shape index (κ2) is 10.1. The van der Waals surface area contributed by atoms with E-state index in [0.717, 1.165) is 22.5 Å². The minimum Gasteiger partial charge on any atom is -0.493 e. The van der Waals surface area contributed by atoms with Crippen LogP contribution in [0.3, 0.4) is 0 Å². The van der Waals surface area contributed by atoms with Gasteiger partial charge < -0.3 is 14.8 Å². The molecule has 0 aliphatic carbocycles. The smallest absolute Gasteiger partial charge is 0.302 e. The quantitative estimate of drug-likeness (QED) is 0.648. The molecule has 0 atom stereocenters. The van der Waals surface area contributed by atoms with Crippen LogP contribution < -0.4 is 14.8 Å². The summed E-state index contributed by atoms with van der Waals surface area (Å²) in [6.07, 6.45) is 0.655. The highest BCUT2D eigenvalue weighted by molar-refractivity contribution is 8.14. The fourth-order valence-corrected chi connectivity index (χ4v) is 3.79. The van der Waals surface area contributed by atoms with E-state index in [9.17, 15) is 9.59 Å². The number of nitrogens with zero attached hydrogens (tertiary/aromatic N) is 2. The zero-order chi connectivity index (χ0) is 23.3. The highest BCUT2D eigenvalue weighted by atomic mass is 32.2. The molecule has 0 aromatic heterocycles. The molecular weight excluding hydrogens is 426 g/mol. The Hall–Kier alpha value is -3.00. The largest absolute Gasteiger partial charge is 0.493 e. The minimum atomic E-state index is -0.450. The number of benzene rings is 2. The maximum atomic E-state index is 12.4. The molecule has 170 valence electrons. The molecule has 0 saturated heterocycles. The lowest BCUT2D eigenvalue weighted by atomic mass is 9.95. The summed E-state index contributed by atoms with van der Waals surface area (Å²) in [6.45, 7) is 6.10. The van der Waals surface area contributed by atoms with Crippen molar-refractivity contribution in [1.82, 2.24) is 5.01 Å². The fraction of sp³-hybridized carbons (Fsp3) is 0.375. The van der Waals surface area contributed by atoms with Gasteiger partial charge in [0.1, 0.15) is 0 Å². The van der Waals surface area contributed by atoms with E-state index in [-0.39, 0.29) is 11.1 Å². The van der Waals surface area contributed by atoms with Gasteiger partial charge in [0.05, 0.1) is 19.9 Å². The van der Waals surface area contributed by atoms with Gasteiger partial charge in [-0.2, -0.15) is 5.10 Å². The number of carbonyl (C=O) groups excluding carboxylic acids is 2. The lowest BCUT2D eigenvalue weighted by Crippen LogP contribution is -2.31. The standard InChI is InChI=1S/C24H29N3O4S/c1-24(2,3)22(28)25-18-9-6-16(7-10-18)12-13-27-23(29)32-15-19(26-27)17-8-11-20(30-4)21(14-17)31-5/h6-11,14H,12-13,15H2,1-5H3,(H,25,28). The minimum absolute atomic E-state index is 0.0294. The molecule has 3 rings (SSSR count). The maximum Gasteiger partial charge on any atom is 0.302 e. The van der Waals surface area contributed by atoms with E-state index in [1.54, 1.807) is 14.2 Å². The van der Waals surface area contributed by atoms with Crippen molar-refractivity contribution in [2.24, 2.45) is 10.5 Å². The molecule has 2 aromatic carbocycles. The van der Waals surface area contributed by atoms with E-state index in [1.807, 2.05) is 63.2 Å². The first kappa shape index (κ1) is 23.7. The lowest BCUT2D eigenvalue weighted by Gasteiger charge is -2.23. The van der Waals surface area contributed by atoms with Crippen LogP contribution in [0.5, 0.6) is 11.5 Å². The predicted molar refractivity (Wildman–Crippen MR) is 129 cm³/mol. The second-order valence-corrected chi connectivity index (χ2v) is 9.37. The van der Waals surface area contributed by atoms with Gasteiger partial charge in [-0.25, -0.2) is 5.01 Å². The molecule has 1 aliphatic rings. The van der Waals surface area contributed by atoms with Crippen molar-refractivity contribution in [3.05, 3.63) is 53.6 Å². The average Bonchev–Trinajstić information content (AvgIpc) is 2.78. The molecule has 8 heteroatoms. The number of hydrogen-bond donors (Lipinski definition) is 1. The Bertz CT molecular complexity index is 1010. The number of hydrazone groups is 1. The zero-order valence-corrected chi connectivity index (χ0v) is 19.9. The SMILES string of the molecule is COc1ccc(C2=NN(CCc3ccc(NC(=O)C(C)(C)C)cc3)C(=O)SC2)cc1OC. The number of rotatable bonds is 7. The Balaban J connectivity index is 1.66. The van der Waals surface area contributed by atoms with Gasteiger partial charge in [0.25, 0.3) is 0 Å². The molecule has 1 N–H and O–H groups in total. The van der Waals surface area contributed by atoms with Crippen molar-refractivity contribution in [1.29, 1.82) is 0 Å². The molecule has 1 heterocycles. The number of anilines is 1. The second-order valence-electron chi connectivity index (χ2n) is 8.45. The van der Waals surface area contributed by atoms with E-state index in [1.165, 1.54) is 16.8 Å². The van der Waals surface area contributed by atoms with Crippen LogP contribution in [0.15, 0.2) is 47.6 Å². The first-order chi connectivity index (χ1) is 15.2. The number of carbonyl (C=O) groups is 2. The van der Waals surface area contributed by atoms with Crippen LogP contribution in [0.25, 0.3) is 0 Å². The summed E-state index contributed by atoms with van der Waals surface area (Å²) < 4.78 is 10.7. The number of nitrogens with one attached hydrogen (secondary N) is 1. The predicted octanol–water partition coefficient (Wildman–Crippen LogP) is 4.80. The third-order valence-corrected chi connectivity index (χ3v) is 5.88. The summed E-state index contributed by atoms with van der Waals surface area (Å²) in [5.41, 5.74) is 3.08. The lowest BCUT2D eigenvalue weighted by molar-refractivity contribution is -0.123. The van der Waals surface area contributed by atoms with Crippen LogP contribution in [0, 0.1) is 5.41 Å². The van der Waals surface area contributed by atoms with E-state index in [2.05, 4.69) is 10.4 Å². The van der Waals surface area contributed by atoms with Crippen LogP contribution >= 0.6 is 11.8 Å². The fourth-order valence-electron chi connectivity index (χ4n) is 3.03. The van der Waals surface area contributed by atoms with E-state index < -0.39 is 5.41 Å². The Morgan fingerprint density at radius 2 is 1.78 bits per heavy atom. The summed E-state index contributed by atoms with van der Waals surface area (Å²) in [6, 6.07) is 13.3. The van der Waals surface area contributed by atoms with Gasteiger partial charge in [-0.05, 0) is 42.3 Å². The molecule has 32 heavy (non-hydrogen) atoms. The molecule has 1 aliphatic heterocycles. The average molecular weight is 456 g/mol. The third kappa shape index (κ3) is 5.82. The first-order valence-corrected chi connectivity index (χ1v) is 11.3. The Morgan fingerprint density at radius 3 is 2.41 bits per heavy atom. The van der Waals surface area contributed by atoms with Gasteiger partial charge in [0.15, 0.2) is 11.5 Å². The van der Waals surface area contributed by atoms with Crippen LogP contribution in [0.4, 0.5) is 10.5 Å². The third-order valence-electron chi connectivity index (χ3n) is 5.01. The number of hydrogen-bond acceptors (Lipinski definition) is 6. The van der Waals surface area contributed by atoms with E-state index in [0.29, 0.717) is 30.2 Å². The summed E-state index contributed by atoms with van der Waals surface area (Å²) in [4.78, 5) is 24.5. The summed E-state index contributed by atoms with van der Waals surface area (Å²) >= 11 is 1.24. The molecule has 0 bridgehead atoms. The molecule has 7 nitrogen and oxygen atoms in total. The maximum absolute atomic E-state index is 12.4. The Morgan fingerprint density at radius 1 is 1.09 bits per heavy atom. The summed E-state index contributed by atoms with van der Waals surface area (Å²) in [5, 5.41) is 8.95. The summed E-state index contributed by atoms with van der Waals surface area (Å²) in [7, 11) is 3.19. The molecule has 0 fully saturated rings. The van der Waals surface area contributed by atoms with Gasteiger partial charge in [-0.1, -0.05) is 44.7 Å². The Kier molecular flexibility index (Phi) is 7.45. The van der Waals surface area contributed by atoms with Crippen molar-refractivity contribution >= 4 is 34.3 Å². The summed E-state index contributed by atoms with van der Waals surface area (Å²) in [5.74, 6) is 1.75. The van der Waals surface area contributed by atoms with Crippen LogP contribution in [0.1, 0.15) is 31.9 Å². The molecule has 0 unspecified atom stereocenters. The monoisotopic (exact) mass is 455 g/mol. The van der Waals surface area contributed by atoms with Crippen LogP contribution in [-0.2, 0) is 11.2 Å². The Labute approximate surface area is 193 Å². The normalized spacial score (nSPS) is 14.1. The molecular formula is C24H29N3O4S. The zero-order valence-electron chi connectivity index (χ0n) is 19.1. The number of amides is 2. The number of ether oxygens (including phenoxy) is 2. The number of methoxy groups -OCH3 is 2. The molecule has 0 radical (unpaired) electrons. The van der Waals surface area contributed by atoms with E-state index in [4.69, 9.17) is 9.47 Å². The van der Waals surface area contributed by atoms with Gasteiger partial charge in [-0.3, -0.25) is 9.59 Å². The van der Waals surface area contributed by atoms with Crippen LogP contribution in [0.2, 0.25) is 0 Å². The van der Waals surface area contributed by atoms with Crippen molar-refractivity contribution in [3.63, 3.8) is 0 Å². The van der Waals surface area contributed by atoms with Crippen molar-refractivity contribution in [2.45, 2.75) is 27.2 Å². The first-order valence-electron chi connectivity index (χ1n) is 10.4. The number of thioether (sulfide) groups is 1. The van der Waals surface area contributed by atoms with Crippen molar-refractivity contribution < 1.29 is 19.1 Å². The molecule has 2 amide bonds. The van der Waals surface area contributed by atoms with E-state index >= 15 is 0 Å². The van der Waals surface area contributed by atoms with Crippen LogP contribution in [-0.4, -0.2) is 48.4 Å². The van der Waals surface area contributed by atoms with Crippen molar-refractivity contribution in [2.75, 3.05) is 31.8 Å². The topological polar surface area (TPSA) is 80.2 Å². The molecule has 2 aromatic rings.